The van der Waals surface area contributed by atoms with Crippen molar-refractivity contribution in [2.24, 2.45) is 5.41 Å². The van der Waals surface area contributed by atoms with Crippen LogP contribution in [0.5, 0.6) is 0 Å². The lowest BCUT2D eigenvalue weighted by molar-refractivity contribution is 0.369. The zero-order valence-electron chi connectivity index (χ0n) is 9.22. The Balaban J connectivity index is 2.22. The lowest BCUT2D eigenvalue weighted by atomic mass is 9.89. The van der Waals surface area contributed by atoms with Crippen LogP contribution in [0.4, 0.5) is 0 Å². The van der Waals surface area contributed by atoms with Gasteiger partial charge in [0.1, 0.15) is 0 Å². The molecule has 1 unspecified atom stereocenters. The van der Waals surface area contributed by atoms with Crippen molar-refractivity contribution in [3.8, 4) is 0 Å². The molecule has 1 aromatic rings. The van der Waals surface area contributed by atoms with E-state index in [4.69, 9.17) is 11.6 Å². The van der Waals surface area contributed by atoms with E-state index in [1.165, 1.54) is 17.7 Å². The molecule has 0 nitrogen and oxygen atoms in total. The molecule has 0 spiro atoms. The fourth-order valence-corrected chi connectivity index (χ4v) is 2.25. The molecule has 0 saturated heterocycles. The van der Waals surface area contributed by atoms with Crippen molar-refractivity contribution in [2.45, 2.75) is 45.4 Å². The maximum atomic E-state index is 6.30. The van der Waals surface area contributed by atoms with E-state index in [0.29, 0.717) is 5.38 Å². The molecule has 0 bridgehead atoms. The van der Waals surface area contributed by atoms with Gasteiger partial charge >= 0.3 is 0 Å². The van der Waals surface area contributed by atoms with Crippen LogP contribution in [-0.4, -0.2) is 5.38 Å². The first-order valence-electron chi connectivity index (χ1n) is 5.16. The summed E-state index contributed by atoms with van der Waals surface area (Å²) >= 11 is 8.14. The van der Waals surface area contributed by atoms with Gasteiger partial charge in [0.25, 0.3) is 0 Å². The van der Waals surface area contributed by atoms with E-state index in [1.807, 2.05) is 11.3 Å². The van der Waals surface area contributed by atoms with E-state index in [0.717, 1.165) is 6.42 Å². The van der Waals surface area contributed by atoms with Crippen LogP contribution < -0.4 is 0 Å². The normalized spacial score (nSPS) is 14.3. The van der Waals surface area contributed by atoms with Crippen molar-refractivity contribution in [1.29, 1.82) is 0 Å². The van der Waals surface area contributed by atoms with Crippen molar-refractivity contribution in [3.63, 3.8) is 0 Å². The second-order valence-electron chi connectivity index (χ2n) is 4.81. The summed E-state index contributed by atoms with van der Waals surface area (Å²) in [6.45, 7) is 6.61. The van der Waals surface area contributed by atoms with Crippen molar-refractivity contribution < 1.29 is 0 Å². The molecule has 0 saturated carbocycles. The summed E-state index contributed by atoms with van der Waals surface area (Å²) in [5.41, 5.74) is 0.233. The SMILES string of the molecule is CC(C)(C)C(Cl)CCCc1cccs1. The number of aryl methyl sites for hydroxylation is 1. The Morgan fingerprint density at radius 1 is 1.43 bits per heavy atom. The molecule has 0 fully saturated rings. The largest absolute Gasteiger partial charge is 0.149 e. The van der Waals surface area contributed by atoms with Gasteiger partial charge < -0.3 is 0 Å². The topological polar surface area (TPSA) is 0 Å². The van der Waals surface area contributed by atoms with Crippen molar-refractivity contribution in [2.75, 3.05) is 0 Å². The molecule has 2 heteroatoms. The first-order chi connectivity index (χ1) is 6.50. The highest BCUT2D eigenvalue weighted by molar-refractivity contribution is 7.09. The van der Waals surface area contributed by atoms with Gasteiger partial charge in [-0.1, -0.05) is 26.8 Å². The molecular formula is C12H19ClS. The van der Waals surface area contributed by atoms with E-state index in [2.05, 4.69) is 38.3 Å². The van der Waals surface area contributed by atoms with Crippen molar-refractivity contribution in [3.05, 3.63) is 22.4 Å². The van der Waals surface area contributed by atoms with Crippen LogP contribution in [0.15, 0.2) is 17.5 Å². The van der Waals surface area contributed by atoms with Crippen LogP contribution in [0, 0.1) is 5.41 Å². The van der Waals surface area contributed by atoms with Gasteiger partial charge in [0.2, 0.25) is 0 Å². The van der Waals surface area contributed by atoms with Crippen LogP contribution in [-0.2, 0) is 6.42 Å². The minimum atomic E-state index is 0.233. The molecule has 0 N–H and O–H groups in total. The fraction of sp³-hybridized carbons (Fsp3) is 0.667. The molecule has 1 heterocycles. The zero-order chi connectivity index (χ0) is 10.6. The highest BCUT2D eigenvalue weighted by Crippen LogP contribution is 2.28. The van der Waals surface area contributed by atoms with Crippen LogP contribution >= 0.6 is 22.9 Å². The van der Waals surface area contributed by atoms with Gasteiger partial charge in [-0.2, -0.15) is 0 Å². The smallest absolute Gasteiger partial charge is 0.0384 e. The average Bonchev–Trinajstić information content (AvgIpc) is 2.55. The Morgan fingerprint density at radius 3 is 2.64 bits per heavy atom. The number of hydrogen-bond acceptors (Lipinski definition) is 1. The lowest BCUT2D eigenvalue weighted by Gasteiger charge is -2.24. The average molecular weight is 231 g/mol. The number of thiophene rings is 1. The molecule has 14 heavy (non-hydrogen) atoms. The highest BCUT2D eigenvalue weighted by atomic mass is 35.5. The van der Waals surface area contributed by atoms with E-state index < -0.39 is 0 Å². The van der Waals surface area contributed by atoms with E-state index in [9.17, 15) is 0 Å². The summed E-state index contributed by atoms with van der Waals surface area (Å²) < 4.78 is 0. The van der Waals surface area contributed by atoms with E-state index in [1.54, 1.807) is 0 Å². The van der Waals surface area contributed by atoms with Crippen molar-refractivity contribution in [1.82, 2.24) is 0 Å². The zero-order valence-corrected chi connectivity index (χ0v) is 10.8. The van der Waals surface area contributed by atoms with Crippen LogP contribution in [0.3, 0.4) is 0 Å². The Kier molecular flexibility index (Phi) is 4.46. The van der Waals surface area contributed by atoms with Gasteiger partial charge in [-0.25, -0.2) is 0 Å². The molecule has 80 valence electrons. The third-order valence-corrected chi connectivity index (χ3v) is 4.21. The van der Waals surface area contributed by atoms with Gasteiger partial charge in [-0.05, 0) is 36.1 Å². The Labute approximate surface area is 96.3 Å². The van der Waals surface area contributed by atoms with Crippen LogP contribution in [0.25, 0.3) is 0 Å². The maximum absolute atomic E-state index is 6.30. The number of hydrogen-bond donors (Lipinski definition) is 0. The summed E-state index contributed by atoms with van der Waals surface area (Å²) in [6, 6.07) is 4.31. The summed E-state index contributed by atoms with van der Waals surface area (Å²) in [4.78, 5) is 1.47. The quantitative estimate of drug-likeness (QED) is 0.657. The minimum Gasteiger partial charge on any atom is -0.149 e. The summed E-state index contributed by atoms with van der Waals surface area (Å²) in [6.07, 6.45) is 3.49. The molecular weight excluding hydrogens is 212 g/mol. The molecule has 0 aliphatic carbocycles. The maximum Gasteiger partial charge on any atom is 0.0384 e. The molecule has 1 atom stereocenters. The molecule has 0 radical (unpaired) electrons. The molecule has 0 amide bonds. The van der Waals surface area contributed by atoms with Crippen molar-refractivity contribution >= 4 is 22.9 Å². The third-order valence-electron chi connectivity index (χ3n) is 2.40. The number of alkyl halides is 1. The summed E-state index contributed by atoms with van der Waals surface area (Å²) in [5.74, 6) is 0. The molecule has 0 aromatic carbocycles. The minimum absolute atomic E-state index is 0.233. The molecule has 1 aromatic heterocycles. The summed E-state index contributed by atoms with van der Waals surface area (Å²) in [7, 11) is 0. The number of halogens is 1. The monoisotopic (exact) mass is 230 g/mol. The van der Waals surface area contributed by atoms with Gasteiger partial charge in [0, 0.05) is 10.3 Å². The van der Waals surface area contributed by atoms with Gasteiger partial charge in [-0.15, -0.1) is 22.9 Å². The standard InChI is InChI=1S/C12H19ClS/c1-12(2,3)11(13)8-4-6-10-7-5-9-14-10/h5,7,9,11H,4,6,8H2,1-3H3. The van der Waals surface area contributed by atoms with Gasteiger partial charge in [-0.3, -0.25) is 0 Å². The number of rotatable bonds is 4. The molecule has 0 aliphatic heterocycles. The highest BCUT2D eigenvalue weighted by Gasteiger charge is 2.21. The third kappa shape index (κ3) is 4.02. The predicted molar refractivity (Wildman–Crippen MR) is 66.4 cm³/mol. The second-order valence-corrected chi connectivity index (χ2v) is 6.36. The van der Waals surface area contributed by atoms with E-state index >= 15 is 0 Å². The Hall–Kier alpha value is -0.0100. The molecule has 0 aliphatic rings. The Morgan fingerprint density at radius 2 is 2.14 bits per heavy atom. The Bertz CT molecular complexity index is 246. The summed E-state index contributed by atoms with van der Waals surface area (Å²) in [5, 5.41) is 2.43. The van der Waals surface area contributed by atoms with Gasteiger partial charge in [0.05, 0.1) is 0 Å². The van der Waals surface area contributed by atoms with Gasteiger partial charge in [0.15, 0.2) is 0 Å². The second kappa shape index (κ2) is 5.18. The predicted octanol–water partition coefficient (Wildman–Crippen LogP) is 4.72. The first kappa shape index (κ1) is 12.1. The lowest BCUT2D eigenvalue weighted by Crippen LogP contribution is -2.20. The fourth-order valence-electron chi connectivity index (χ4n) is 1.34. The van der Waals surface area contributed by atoms with Crippen LogP contribution in [0.1, 0.15) is 38.5 Å². The van der Waals surface area contributed by atoms with E-state index in [-0.39, 0.29) is 5.41 Å². The van der Waals surface area contributed by atoms with Crippen LogP contribution in [0.2, 0.25) is 0 Å². The molecule has 1 rings (SSSR count). The first-order valence-corrected chi connectivity index (χ1v) is 6.48.